The standard InChI is InChI=1S/C9H5N7O5/c17-9-7(16(20)21)8-10-1-4(3-14(8)13-9)6-5(15(18)19)2-11-12-6/h1-3H,(H,11,12)(H,13,17). The Bertz CT molecular complexity index is 936. The second kappa shape index (κ2) is 4.22. The Labute approximate surface area is 113 Å². The molecule has 106 valence electrons. The molecule has 0 aliphatic rings. The molecule has 0 fully saturated rings. The molecular weight excluding hydrogens is 286 g/mol. The largest absolute Gasteiger partial charge is 0.379 e. The number of aromatic nitrogens is 5. The normalized spacial score (nSPS) is 10.9. The topological polar surface area (TPSA) is 165 Å². The third-order valence-electron chi connectivity index (χ3n) is 2.76. The summed E-state index contributed by atoms with van der Waals surface area (Å²) in [6.07, 6.45) is 3.48. The molecule has 0 amide bonds. The molecule has 0 radical (unpaired) electrons. The number of hydrogen-bond donors (Lipinski definition) is 2. The van der Waals surface area contributed by atoms with Crippen LogP contribution >= 0.6 is 0 Å². The van der Waals surface area contributed by atoms with Crippen molar-refractivity contribution < 1.29 is 9.85 Å². The van der Waals surface area contributed by atoms with E-state index in [0.29, 0.717) is 0 Å². The first-order valence-corrected chi connectivity index (χ1v) is 5.42. The molecule has 0 aliphatic heterocycles. The molecule has 21 heavy (non-hydrogen) atoms. The van der Waals surface area contributed by atoms with Gasteiger partial charge in [-0.2, -0.15) is 5.10 Å². The Balaban J connectivity index is 2.23. The first kappa shape index (κ1) is 12.5. The highest BCUT2D eigenvalue weighted by atomic mass is 16.6. The van der Waals surface area contributed by atoms with Crippen LogP contribution in [0.3, 0.4) is 0 Å². The lowest BCUT2D eigenvalue weighted by molar-refractivity contribution is -0.384. The Morgan fingerprint density at radius 1 is 1.19 bits per heavy atom. The van der Waals surface area contributed by atoms with E-state index in [1.165, 1.54) is 12.4 Å². The van der Waals surface area contributed by atoms with E-state index >= 15 is 0 Å². The zero-order valence-corrected chi connectivity index (χ0v) is 10.0. The third kappa shape index (κ3) is 1.81. The van der Waals surface area contributed by atoms with Gasteiger partial charge in [-0.05, 0) is 0 Å². The average Bonchev–Trinajstić information content (AvgIpc) is 2.99. The SMILES string of the molecule is O=c1[nH]n2cc(-c3[nH]ncc3[N+](=O)[O-])cnc2c1[N+](=O)[O-]. The maximum absolute atomic E-state index is 11.5. The van der Waals surface area contributed by atoms with E-state index in [2.05, 4.69) is 20.3 Å². The minimum Gasteiger partial charge on any atom is -0.271 e. The zero-order valence-electron chi connectivity index (χ0n) is 10.0. The van der Waals surface area contributed by atoms with Crippen LogP contribution in [0.4, 0.5) is 11.4 Å². The van der Waals surface area contributed by atoms with Crippen molar-refractivity contribution >= 4 is 17.0 Å². The van der Waals surface area contributed by atoms with Gasteiger partial charge in [0.25, 0.3) is 0 Å². The number of aromatic amines is 2. The van der Waals surface area contributed by atoms with Crippen LogP contribution in [0.1, 0.15) is 0 Å². The molecule has 0 saturated carbocycles. The van der Waals surface area contributed by atoms with Gasteiger partial charge in [0.2, 0.25) is 5.65 Å². The predicted molar refractivity (Wildman–Crippen MR) is 66.7 cm³/mol. The molecule has 3 aromatic rings. The summed E-state index contributed by atoms with van der Waals surface area (Å²) in [5.41, 5.74) is -1.75. The maximum atomic E-state index is 11.5. The Kier molecular flexibility index (Phi) is 2.51. The van der Waals surface area contributed by atoms with Crippen molar-refractivity contribution in [3.05, 3.63) is 49.2 Å². The number of nitrogens with one attached hydrogen (secondary N) is 2. The fourth-order valence-corrected chi connectivity index (χ4v) is 1.88. The van der Waals surface area contributed by atoms with Crippen LogP contribution in [-0.2, 0) is 0 Å². The van der Waals surface area contributed by atoms with Gasteiger partial charge in [0.15, 0.2) is 0 Å². The van der Waals surface area contributed by atoms with Gasteiger partial charge in [0.05, 0.1) is 9.85 Å². The van der Waals surface area contributed by atoms with Gasteiger partial charge in [-0.3, -0.25) is 35.2 Å². The van der Waals surface area contributed by atoms with Crippen molar-refractivity contribution in [1.29, 1.82) is 0 Å². The van der Waals surface area contributed by atoms with E-state index < -0.39 is 21.1 Å². The van der Waals surface area contributed by atoms with Gasteiger partial charge in [-0.15, -0.1) is 0 Å². The van der Waals surface area contributed by atoms with E-state index in [1.54, 1.807) is 0 Å². The van der Waals surface area contributed by atoms with Crippen molar-refractivity contribution in [3.63, 3.8) is 0 Å². The number of rotatable bonds is 3. The summed E-state index contributed by atoms with van der Waals surface area (Å²) in [7, 11) is 0. The smallest absolute Gasteiger partial charge is 0.271 e. The predicted octanol–water partition coefficient (Wildman–Crippen LogP) is 0.229. The average molecular weight is 291 g/mol. The summed E-state index contributed by atoms with van der Waals surface area (Å²) in [5.74, 6) is 0. The number of H-pyrrole nitrogens is 2. The van der Waals surface area contributed by atoms with Crippen molar-refractivity contribution in [2.45, 2.75) is 0 Å². The number of fused-ring (bicyclic) bond motifs is 1. The molecule has 0 aliphatic carbocycles. The van der Waals surface area contributed by atoms with Gasteiger partial charge in [0.1, 0.15) is 11.9 Å². The van der Waals surface area contributed by atoms with Crippen molar-refractivity contribution in [2.75, 3.05) is 0 Å². The summed E-state index contributed by atoms with van der Waals surface area (Å²) in [6.45, 7) is 0. The quantitative estimate of drug-likeness (QED) is 0.514. The highest BCUT2D eigenvalue weighted by molar-refractivity contribution is 5.69. The first-order valence-electron chi connectivity index (χ1n) is 5.42. The first-order chi connectivity index (χ1) is 9.99. The molecule has 3 aromatic heterocycles. The molecule has 3 heterocycles. The molecule has 3 rings (SSSR count). The molecule has 0 saturated heterocycles. The van der Waals surface area contributed by atoms with E-state index in [9.17, 15) is 25.0 Å². The van der Waals surface area contributed by atoms with Crippen LogP contribution in [0.2, 0.25) is 0 Å². The van der Waals surface area contributed by atoms with Crippen LogP contribution in [0.15, 0.2) is 23.4 Å². The number of nitro groups is 2. The van der Waals surface area contributed by atoms with Crippen molar-refractivity contribution in [1.82, 2.24) is 24.8 Å². The molecule has 0 aromatic carbocycles. The van der Waals surface area contributed by atoms with Crippen molar-refractivity contribution in [3.8, 4) is 11.3 Å². The van der Waals surface area contributed by atoms with Gasteiger partial charge in [-0.25, -0.2) is 9.50 Å². The lowest BCUT2D eigenvalue weighted by atomic mass is 10.2. The lowest BCUT2D eigenvalue weighted by Crippen LogP contribution is -2.05. The second-order valence-electron chi connectivity index (χ2n) is 3.97. The summed E-state index contributed by atoms with van der Waals surface area (Å²) in [6, 6.07) is 0. The van der Waals surface area contributed by atoms with E-state index in [4.69, 9.17) is 0 Å². The fraction of sp³-hybridized carbons (Fsp3) is 0. The Morgan fingerprint density at radius 3 is 2.62 bits per heavy atom. The number of hydrogen-bond acceptors (Lipinski definition) is 7. The highest BCUT2D eigenvalue weighted by Gasteiger charge is 2.24. The minimum atomic E-state index is -0.913. The van der Waals surface area contributed by atoms with Crippen LogP contribution in [0, 0.1) is 20.2 Å². The Morgan fingerprint density at radius 2 is 1.95 bits per heavy atom. The molecule has 12 heteroatoms. The van der Waals surface area contributed by atoms with Gasteiger partial charge in [0, 0.05) is 18.0 Å². The van der Waals surface area contributed by atoms with Crippen LogP contribution in [-0.4, -0.2) is 34.6 Å². The molecule has 0 spiro atoms. The van der Waals surface area contributed by atoms with Crippen LogP contribution < -0.4 is 5.56 Å². The maximum Gasteiger partial charge on any atom is 0.379 e. The Hall–Kier alpha value is -3.57. The molecule has 2 N–H and O–H groups in total. The summed E-state index contributed by atoms with van der Waals surface area (Å²) >= 11 is 0. The molecular formula is C9H5N7O5. The molecule has 0 unspecified atom stereocenters. The summed E-state index contributed by atoms with van der Waals surface area (Å²) in [4.78, 5) is 35.4. The zero-order chi connectivity index (χ0) is 15.1. The van der Waals surface area contributed by atoms with Crippen LogP contribution in [0.5, 0.6) is 0 Å². The molecule has 12 nitrogen and oxygen atoms in total. The highest BCUT2D eigenvalue weighted by Crippen LogP contribution is 2.26. The van der Waals surface area contributed by atoms with E-state index in [-0.39, 0.29) is 22.6 Å². The van der Waals surface area contributed by atoms with Gasteiger partial charge >= 0.3 is 16.9 Å². The van der Waals surface area contributed by atoms with E-state index in [0.717, 1.165) is 10.7 Å². The van der Waals surface area contributed by atoms with E-state index in [1.807, 2.05) is 0 Å². The lowest BCUT2D eigenvalue weighted by Gasteiger charge is -1.98. The second-order valence-corrected chi connectivity index (χ2v) is 3.97. The van der Waals surface area contributed by atoms with Gasteiger partial charge < -0.3 is 0 Å². The summed E-state index contributed by atoms with van der Waals surface area (Å²) in [5, 5.41) is 29.8. The number of nitrogens with zero attached hydrogens (tertiary/aromatic N) is 5. The van der Waals surface area contributed by atoms with Crippen molar-refractivity contribution in [2.24, 2.45) is 0 Å². The third-order valence-corrected chi connectivity index (χ3v) is 2.76. The molecule has 0 bridgehead atoms. The minimum absolute atomic E-state index is 0.0756. The fourth-order valence-electron chi connectivity index (χ4n) is 1.88. The monoisotopic (exact) mass is 291 g/mol. The van der Waals surface area contributed by atoms with Gasteiger partial charge in [-0.1, -0.05) is 0 Å². The molecule has 0 atom stereocenters. The summed E-state index contributed by atoms with van der Waals surface area (Å²) < 4.78 is 1.03. The van der Waals surface area contributed by atoms with Crippen LogP contribution in [0.25, 0.3) is 16.9 Å².